The van der Waals surface area contributed by atoms with Gasteiger partial charge in [-0.1, -0.05) is 19.9 Å². The Bertz CT molecular complexity index is 682. The van der Waals surface area contributed by atoms with Crippen molar-refractivity contribution in [2.75, 3.05) is 7.11 Å². The quantitative estimate of drug-likeness (QED) is 0.837. The lowest BCUT2D eigenvalue weighted by atomic mass is 9.52. The van der Waals surface area contributed by atoms with Gasteiger partial charge in [-0.15, -0.1) is 0 Å². The van der Waals surface area contributed by atoms with Crippen molar-refractivity contribution in [3.63, 3.8) is 0 Å². The van der Waals surface area contributed by atoms with Crippen LogP contribution < -0.4 is 4.74 Å². The lowest BCUT2D eigenvalue weighted by Crippen LogP contribution is -2.48. The monoisotopic (exact) mass is 312 g/mol. The molecule has 124 valence electrons. The molecule has 0 aromatic heterocycles. The number of rotatable bonds is 1. The van der Waals surface area contributed by atoms with Crippen LogP contribution in [0.1, 0.15) is 63.0 Å². The Morgan fingerprint density at radius 3 is 2.83 bits per heavy atom. The van der Waals surface area contributed by atoms with Crippen LogP contribution in [-0.4, -0.2) is 18.3 Å². The number of aliphatic hydroxyl groups is 1. The Balaban J connectivity index is 1.59. The second-order valence-electron chi connectivity index (χ2n) is 9.20. The molecule has 0 bridgehead atoms. The lowest BCUT2D eigenvalue weighted by Gasteiger charge is -2.53. The number of benzene rings is 1. The molecule has 0 unspecified atom stereocenters. The third-order valence-electron chi connectivity index (χ3n) is 8.59. The Kier molecular flexibility index (Phi) is 2.58. The largest absolute Gasteiger partial charge is 0.497 e. The summed E-state index contributed by atoms with van der Waals surface area (Å²) >= 11 is 0. The molecule has 1 aromatic rings. The van der Waals surface area contributed by atoms with Gasteiger partial charge in [-0.25, -0.2) is 0 Å². The minimum atomic E-state index is -0.0838. The molecule has 1 spiro atoms. The fraction of sp³-hybridized carbons (Fsp3) is 0.714. The molecule has 5 rings (SSSR count). The number of methoxy groups -OCH3 is 1. The van der Waals surface area contributed by atoms with Crippen LogP contribution in [0, 0.1) is 22.2 Å². The summed E-state index contributed by atoms with van der Waals surface area (Å²) in [5, 5.41) is 10.8. The molecule has 0 aliphatic heterocycles. The van der Waals surface area contributed by atoms with E-state index in [0.717, 1.165) is 18.1 Å². The van der Waals surface area contributed by atoms with Gasteiger partial charge in [0.15, 0.2) is 0 Å². The summed E-state index contributed by atoms with van der Waals surface area (Å²) < 4.78 is 5.43. The Labute approximate surface area is 139 Å². The number of hydrogen-bond donors (Lipinski definition) is 1. The first kappa shape index (κ1) is 14.3. The molecule has 2 heteroatoms. The minimum absolute atomic E-state index is 0.0838. The highest BCUT2D eigenvalue weighted by atomic mass is 16.5. The van der Waals surface area contributed by atoms with Crippen LogP contribution in [-0.2, 0) is 6.42 Å². The second-order valence-corrected chi connectivity index (χ2v) is 9.20. The van der Waals surface area contributed by atoms with E-state index in [1.165, 1.54) is 37.7 Å². The highest BCUT2D eigenvalue weighted by Crippen LogP contribution is 2.87. The topological polar surface area (TPSA) is 29.5 Å². The van der Waals surface area contributed by atoms with Crippen molar-refractivity contribution < 1.29 is 9.84 Å². The summed E-state index contributed by atoms with van der Waals surface area (Å²) in [6.07, 6.45) is 7.20. The number of fused-ring (bicyclic) bond motifs is 3. The molecule has 0 saturated heterocycles. The van der Waals surface area contributed by atoms with Gasteiger partial charge in [0, 0.05) is 0 Å². The molecule has 4 aliphatic carbocycles. The van der Waals surface area contributed by atoms with Gasteiger partial charge in [-0.3, -0.25) is 0 Å². The molecule has 23 heavy (non-hydrogen) atoms. The Hall–Kier alpha value is -1.02. The molecule has 1 N–H and O–H groups in total. The summed E-state index contributed by atoms with van der Waals surface area (Å²) in [7, 11) is 1.76. The first-order chi connectivity index (χ1) is 11.0. The molecule has 3 saturated carbocycles. The maximum Gasteiger partial charge on any atom is 0.119 e. The van der Waals surface area contributed by atoms with E-state index in [2.05, 4.69) is 32.0 Å². The summed E-state index contributed by atoms with van der Waals surface area (Å²) in [6, 6.07) is 6.73. The molecule has 0 radical (unpaired) electrons. The first-order valence-corrected chi connectivity index (χ1v) is 9.30. The highest BCUT2D eigenvalue weighted by molar-refractivity contribution is 5.43. The molecule has 1 aromatic carbocycles. The molecular formula is C21H28O2. The zero-order valence-electron chi connectivity index (χ0n) is 14.6. The van der Waals surface area contributed by atoms with Crippen LogP contribution >= 0.6 is 0 Å². The van der Waals surface area contributed by atoms with Crippen molar-refractivity contribution >= 4 is 0 Å². The molecule has 2 nitrogen and oxygen atoms in total. The first-order valence-electron chi connectivity index (χ1n) is 9.30. The van der Waals surface area contributed by atoms with Crippen LogP contribution in [0.5, 0.6) is 5.75 Å². The van der Waals surface area contributed by atoms with Crippen LogP contribution in [0.3, 0.4) is 0 Å². The molecule has 4 aliphatic rings. The van der Waals surface area contributed by atoms with Crippen LogP contribution in [0.4, 0.5) is 0 Å². The van der Waals surface area contributed by atoms with Crippen molar-refractivity contribution in [2.45, 2.75) is 64.4 Å². The normalized spacial score (nSPS) is 49.7. The van der Waals surface area contributed by atoms with Gasteiger partial charge in [0.2, 0.25) is 0 Å². The van der Waals surface area contributed by atoms with Crippen molar-refractivity contribution in [1.29, 1.82) is 0 Å². The fourth-order valence-corrected chi connectivity index (χ4v) is 7.48. The minimum Gasteiger partial charge on any atom is -0.497 e. The standard InChI is InChI=1S/C21H28O2/c1-19-11-18(22)20(2)9-8-16-15-6-5-14(23-3)10-13(15)4-7-17(16)21(19,20)12-19/h5-6,10,16-18,22H,4,7-9,11-12H2,1-3H3/t16-,17-,18+,19-,20-,21-/m1/s1. The fourth-order valence-electron chi connectivity index (χ4n) is 7.48. The lowest BCUT2D eigenvalue weighted by molar-refractivity contribution is -0.0574. The smallest absolute Gasteiger partial charge is 0.119 e. The zero-order chi connectivity index (χ0) is 16.0. The highest BCUT2D eigenvalue weighted by Gasteiger charge is 2.82. The van der Waals surface area contributed by atoms with E-state index in [4.69, 9.17) is 4.74 Å². The SMILES string of the molecule is COc1ccc2c(c1)CC[C@@H]1[C@@H]2CC[C@]2(C)[C@@H](O)C[C@]3(C)C[C@@]132. The van der Waals surface area contributed by atoms with Crippen molar-refractivity contribution in [1.82, 2.24) is 0 Å². The van der Waals surface area contributed by atoms with Crippen molar-refractivity contribution in [3.05, 3.63) is 29.3 Å². The summed E-state index contributed by atoms with van der Waals surface area (Å²) in [4.78, 5) is 0. The predicted molar refractivity (Wildman–Crippen MR) is 90.7 cm³/mol. The third kappa shape index (κ3) is 1.46. The van der Waals surface area contributed by atoms with E-state index < -0.39 is 0 Å². The second kappa shape index (κ2) is 4.14. The average Bonchev–Trinajstić information content (AvgIpc) is 3.11. The predicted octanol–water partition coefficient (Wildman–Crippen LogP) is 4.30. The molecule has 3 fully saturated rings. The molecule has 0 amide bonds. The van der Waals surface area contributed by atoms with Gasteiger partial charge in [-0.2, -0.15) is 0 Å². The van der Waals surface area contributed by atoms with E-state index in [-0.39, 0.29) is 11.5 Å². The van der Waals surface area contributed by atoms with Gasteiger partial charge in [0.1, 0.15) is 5.75 Å². The Morgan fingerprint density at radius 2 is 2.04 bits per heavy atom. The van der Waals surface area contributed by atoms with Crippen LogP contribution in [0.25, 0.3) is 0 Å². The third-order valence-corrected chi connectivity index (χ3v) is 8.59. The summed E-state index contributed by atoms with van der Waals surface area (Å²) in [5.41, 5.74) is 4.04. The number of aryl methyl sites for hydroxylation is 1. The number of hydrogen-bond acceptors (Lipinski definition) is 2. The number of aliphatic hydroxyl groups excluding tert-OH is 1. The average molecular weight is 312 g/mol. The molecular weight excluding hydrogens is 284 g/mol. The van der Waals surface area contributed by atoms with Crippen LogP contribution in [0.15, 0.2) is 18.2 Å². The van der Waals surface area contributed by atoms with Gasteiger partial charge < -0.3 is 9.84 Å². The van der Waals surface area contributed by atoms with Crippen molar-refractivity contribution in [2.24, 2.45) is 22.2 Å². The van der Waals surface area contributed by atoms with E-state index in [1.54, 1.807) is 12.7 Å². The molecule has 6 atom stereocenters. The molecule has 0 heterocycles. The van der Waals surface area contributed by atoms with Gasteiger partial charge >= 0.3 is 0 Å². The Morgan fingerprint density at radius 1 is 1.22 bits per heavy atom. The van der Waals surface area contributed by atoms with Crippen molar-refractivity contribution in [3.8, 4) is 5.75 Å². The van der Waals surface area contributed by atoms with E-state index in [0.29, 0.717) is 16.7 Å². The van der Waals surface area contributed by atoms with E-state index in [9.17, 15) is 5.11 Å². The van der Waals surface area contributed by atoms with E-state index >= 15 is 0 Å². The maximum atomic E-state index is 10.8. The zero-order valence-corrected chi connectivity index (χ0v) is 14.6. The van der Waals surface area contributed by atoms with Crippen LogP contribution in [0.2, 0.25) is 0 Å². The maximum absolute atomic E-state index is 10.8. The van der Waals surface area contributed by atoms with Gasteiger partial charge in [0.05, 0.1) is 13.2 Å². The number of ether oxygens (including phenoxy) is 1. The summed E-state index contributed by atoms with van der Waals surface area (Å²) in [5.74, 6) is 2.46. The summed E-state index contributed by atoms with van der Waals surface area (Å²) in [6.45, 7) is 4.85. The van der Waals surface area contributed by atoms with Gasteiger partial charge in [-0.05, 0) is 89.9 Å². The van der Waals surface area contributed by atoms with E-state index in [1.807, 2.05) is 0 Å². The van der Waals surface area contributed by atoms with Gasteiger partial charge in [0.25, 0.3) is 0 Å².